The molecule has 4 heterocycles. The number of fused-ring (bicyclic) bond motifs is 2. The van der Waals surface area contributed by atoms with Gasteiger partial charge in [-0.05, 0) is 110 Å². The Morgan fingerprint density at radius 2 is 1.51 bits per heavy atom. The summed E-state index contributed by atoms with van der Waals surface area (Å²) in [5, 5.41) is 10.4. The van der Waals surface area contributed by atoms with Crippen molar-refractivity contribution in [3.8, 4) is 34.5 Å². The lowest BCUT2D eigenvalue weighted by Crippen LogP contribution is -2.34. The molecule has 7 nitrogen and oxygen atoms in total. The van der Waals surface area contributed by atoms with Crippen LogP contribution in [-0.2, 0) is 32.3 Å². The van der Waals surface area contributed by atoms with E-state index in [1.54, 1.807) is 14.2 Å². The maximum absolute atomic E-state index is 15.0. The van der Waals surface area contributed by atoms with E-state index in [4.69, 9.17) is 18.9 Å². The van der Waals surface area contributed by atoms with Gasteiger partial charge in [0.1, 0.15) is 5.75 Å². The highest BCUT2D eigenvalue weighted by molar-refractivity contribution is 5.61. The van der Waals surface area contributed by atoms with Crippen molar-refractivity contribution in [3.63, 3.8) is 0 Å². The van der Waals surface area contributed by atoms with Crippen LogP contribution in [-0.4, -0.2) is 56.3 Å². The van der Waals surface area contributed by atoms with Crippen molar-refractivity contribution < 1.29 is 28.4 Å². The van der Waals surface area contributed by atoms with Crippen LogP contribution in [0.3, 0.4) is 0 Å². The number of hydrogen-bond acceptors (Lipinski definition) is 7. The van der Waals surface area contributed by atoms with Gasteiger partial charge in [-0.2, -0.15) is 0 Å². The second-order valence-corrected chi connectivity index (χ2v) is 12.3. The van der Waals surface area contributed by atoms with Crippen molar-refractivity contribution in [2.24, 2.45) is 0 Å². The first-order valence-electron chi connectivity index (χ1n) is 15.5. The first-order valence-corrected chi connectivity index (χ1v) is 15.5. The zero-order valence-corrected chi connectivity index (χ0v) is 26.2. The third-order valence-electron chi connectivity index (χ3n) is 9.68. The van der Waals surface area contributed by atoms with Gasteiger partial charge in [-0.1, -0.05) is 18.2 Å². The first-order chi connectivity index (χ1) is 21.9. The van der Waals surface area contributed by atoms with Crippen LogP contribution in [0.25, 0.3) is 0 Å². The number of methoxy groups -OCH3 is 2. The van der Waals surface area contributed by atoms with Crippen molar-refractivity contribution in [1.29, 1.82) is 0 Å². The molecule has 8 rings (SSSR count). The van der Waals surface area contributed by atoms with Crippen molar-refractivity contribution in [2.45, 2.75) is 44.4 Å². The summed E-state index contributed by atoms with van der Waals surface area (Å²) in [7, 11) is 7.54. The van der Waals surface area contributed by atoms with Gasteiger partial charge in [-0.15, -0.1) is 0 Å². The van der Waals surface area contributed by atoms with E-state index in [0.29, 0.717) is 47.2 Å². The number of rotatable bonds is 3. The Morgan fingerprint density at radius 1 is 0.800 bits per heavy atom. The first kappa shape index (κ1) is 29.6. The van der Waals surface area contributed by atoms with Crippen LogP contribution in [0.2, 0.25) is 0 Å². The van der Waals surface area contributed by atoms with Gasteiger partial charge in [-0.3, -0.25) is 9.80 Å². The van der Waals surface area contributed by atoms with Gasteiger partial charge >= 0.3 is 0 Å². The molecule has 0 amide bonds. The van der Waals surface area contributed by atoms with Crippen molar-refractivity contribution in [1.82, 2.24) is 9.80 Å². The Hall–Kier alpha value is -4.11. The fraction of sp³-hybridized carbons (Fsp3) is 0.351. The maximum Gasteiger partial charge on any atom is 0.174 e. The third kappa shape index (κ3) is 5.41. The normalized spacial score (nSPS) is 19.5. The van der Waals surface area contributed by atoms with Gasteiger partial charge in [-0.25, -0.2) is 4.39 Å². The second-order valence-electron chi connectivity index (χ2n) is 12.3. The number of ether oxygens (including phenoxy) is 4. The molecule has 45 heavy (non-hydrogen) atoms. The summed E-state index contributed by atoms with van der Waals surface area (Å²) in [5.74, 6) is 2.79. The highest BCUT2D eigenvalue weighted by atomic mass is 19.1. The quantitative estimate of drug-likeness (QED) is 0.275. The van der Waals surface area contributed by atoms with E-state index in [1.807, 2.05) is 36.4 Å². The molecule has 0 fully saturated rings. The van der Waals surface area contributed by atoms with E-state index in [-0.39, 0.29) is 30.3 Å². The fourth-order valence-corrected chi connectivity index (χ4v) is 7.18. The van der Waals surface area contributed by atoms with Crippen LogP contribution in [0.4, 0.5) is 4.39 Å². The van der Waals surface area contributed by atoms with Gasteiger partial charge in [0.25, 0.3) is 0 Å². The molecule has 4 aromatic rings. The van der Waals surface area contributed by atoms with Gasteiger partial charge < -0.3 is 24.1 Å². The molecule has 6 bridgehead atoms. The lowest BCUT2D eigenvalue weighted by atomic mass is 9.86. The zero-order valence-electron chi connectivity index (χ0n) is 26.2. The molecular weight excluding hydrogens is 571 g/mol. The number of likely N-dealkylation sites (N-methyl/N-ethyl adjacent to an activating group) is 2. The van der Waals surface area contributed by atoms with Crippen molar-refractivity contribution in [2.75, 3.05) is 41.4 Å². The number of aliphatic hydroxyl groups excluding tert-OH is 1. The Labute approximate surface area is 263 Å². The van der Waals surface area contributed by atoms with Crippen LogP contribution >= 0.6 is 0 Å². The zero-order chi connectivity index (χ0) is 31.2. The largest absolute Gasteiger partial charge is 0.493 e. The number of hydrogen-bond donors (Lipinski definition) is 1. The molecule has 0 saturated heterocycles. The summed E-state index contributed by atoms with van der Waals surface area (Å²) in [5.41, 5.74) is 7.30. The van der Waals surface area contributed by atoms with E-state index in [0.717, 1.165) is 53.7 Å². The van der Waals surface area contributed by atoms with Crippen LogP contribution < -0.4 is 18.9 Å². The molecular formula is C37H39FN2O5. The van der Waals surface area contributed by atoms with E-state index in [1.165, 1.54) is 11.6 Å². The topological polar surface area (TPSA) is 63.6 Å². The summed E-state index contributed by atoms with van der Waals surface area (Å²) in [6, 6.07) is 19.2. The molecule has 234 valence electrons. The number of halogens is 1. The molecule has 4 aromatic carbocycles. The predicted octanol–water partition coefficient (Wildman–Crippen LogP) is 6.78. The Balaban J connectivity index is 1.46. The van der Waals surface area contributed by atoms with Crippen molar-refractivity contribution in [3.05, 3.63) is 105 Å². The standard InChI is InChI=1S/C37H39FN2O5/c1-39-13-11-24-19-33(42-3)34-20-28(24)30(39)16-23-7-10-29(38)32(17-23)44-27-8-5-22(6-9-27)15-31-35-25(12-14-40(31)2)18-26(21-41)36(43-4)37(35)45-34/h5-10,17-20,30-31,41H,11-16,21H2,1-4H3/t30-,31+/m1/s1. The Kier molecular flexibility index (Phi) is 7.89. The molecule has 4 aliphatic heterocycles. The monoisotopic (exact) mass is 610 g/mol. The Morgan fingerprint density at radius 3 is 2.24 bits per heavy atom. The molecule has 1 N–H and O–H groups in total. The average Bonchev–Trinajstić information content (AvgIpc) is 3.05. The highest BCUT2D eigenvalue weighted by Crippen LogP contribution is 2.49. The molecule has 0 saturated carbocycles. The second kappa shape index (κ2) is 12.0. The van der Waals surface area contributed by atoms with E-state index in [9.17, 15) is 9.50 Å². The van der Waals surface area contributed by atoms with Crippen molar-refractivity contribution >= 4 is 0 Å². The summed E-state index contributed by atoms with van der Waals surface area (Å²) >= 11 is 0. The van der Waals surface area contributed by atoms with Gasteiger partial charge in [0.05, 0.1) is 20.8 Å². The minimum absolute atomic E-state index is 0.0207. The molecule has 0 spiro atoms. The Bertz CT molecular complexity index is 1740. The SMILES string of the molecule is COc1cc2c3cc1Oc1c(OC)c(CO)cc4c1[C@H](Cc1ccc(cc1)Oc1cc(ccc1F)C[C@H]3N(C)CC2)N(C)CC4. The molecule has 0 aliphatic carbocycles. The number of aliphatic hydroxyl groups is 1. The molecule has 2 atom stereocenters. The average molecular weight is 611 g/mol. The van der Waals surface area contributed by atoms with E-state index in [2.05, 4.69) is 42.1 Å². The van der Waals surface area contributed by atoms with E-state index < -0.39 is 0 Å². The van der Waals surface area contributed by atoms with Crippen LogP contribution in [0, 0.1) is 5.82 Å². The van der Waals surface area contributed by atoms with Gasteiger partial charge in [0, 0.05) is 36.3 Å². The lowest BCUT2D eigenvalue weighted by molar-refractivity contribution is 0.219. The summed E-state index contributed by atoms with van der Waals surface area (Å²) < 4.78 is 39.9. The molecule has 0 radical (unpaired) electrons. The summed E-state index contributed by atoms with van der Waals surface area (Å²) in [6.07, 6.45) is 3.06. The maximum atomic E-state index is 15.0. The fourth-order valence-electron chi connectivity index (χ4n) is 7.18. The molecule has 0 aromatic heterocycles. The minimum atomic E-state index is -0.390. The summed E-state index contributed by atoms with van der Waals surface area (Å²) in [4.78, 5) is 4.67. The molecule has 4 aliphatic rings. The lowest BCUT2D eigenvalue weighted by Gasteiger charge is -2.37. The summed E-state index contributed by atoms with van der Waals surface area (Å²) in [6.45, 7) is 1.58. The van der Waals surface area contributed by atoms with Gasteiger partial charge in [0.2, 0.25) is 0 Å². The van der Waals surface area contributed by atoms with Crippen LogP contribution in [0.1, 0.15) is 51.0 Å². The number of benzene rings is 4. The smallest absolute Gasteiger partial charge is 0.174 e. The van der Waals surface area contributed by atoms with E-state index >= 15 is 0 Å². The predicted molar refractivity (Wildman–Crippen MR) is 170 cm³/mol. The van der Waals surface area contributed by atoms with Crippen LogP contribution in [0.15, 0.2) is 60.7 Å². The number of nitrogens with zero attached hydrogens (tertiary/aromatic N) is 2. The third-order valence-corrected chi connectivity index (χ3v) is 9.68. The highest BCUT2D eigenvalue weighted by Gasteiger charge is 2.34. The van der Waals surface area contributed by atoms with Crippen LogP contribution in [0.5, 0.6) is 34.5 Å². The molecule has 8 heteroatoms. The van der Waals surface area contributed by atoms with Gasteiger partial charge in [0.15, 0.2) is 34.6 Å². The minimum Gasteiger partial charge on any atom is -0.493 e. The molecule has 0 unspecified atom stereocenters.